The van der Waals surface area contributed by atoms with Crippen LogP contribution in [-0.2, 0) is 5.41 Å². The fourth-order valence-corrected chi connectivity index (χ4v) is 3.98. The maximum Gasteiger partial charge on any atom is 0.324 e. The molecule has 0 saturated heterocycles. The van der Waals surface area contributed by atoms with Crippen LogP contribution < -0.4 is 16.0 Å². The van der Waals surface area contributed by atoms with E-state index in [2.05, 4.69) is 21.1 Å². The van der Waals surface area contributed by atoms with Gasteiger partial charge in [0.05, 0.1) is 4.88 Å². The first-order valence-corrected chi connectivity index (χ1v) is 11.7. The summed E-state index contributed by atoms with van der Waals surface area (Å²) >= 11 is 7.31. The number of nitrogens with zero attached hydrogens (tertiary/aromatic N) is 1. The number of hydrogen-bond acceptors (Lipinski definition) is 5. The summed E-state index contributed by atoms with van der Waals surface area (Å²) in [7, 11) is 0. The van der Waals surface area contributed by atoms with Gasteiger partial charge in [0.2, 0.25) is 0 Å². The SMILES string of the molecule is CC(C)(C)c1cc(NC(=O)Nc2ccc(NC(=O)c3cc(-c4ccc(Cl)cc4)cs3)cc2)no1. The van der Waals surface area contributed by atoms with Gasteiger partial charge in [0.15, 0.2) is 5.82 Å². The summed E-state index contributed by atoms with van der Waals surface area (Å²) in [6.07, 6.45) is 0. The maximum atomic E-state index is 12.6. The van der Waals surface area contributed by atoms with Crippen LogP contribution in [0.2, 0.25) is 5.02 Å². The van der Waals surface area contributed by atoms with E-state index in [9.17, 15) is 9.59 Å². The fourth-order valence-electron chi connectivity index (χ4n) is 3.04. The zero-order chi connectivity index (χ0) is 24.3. The molecule has 4 aromatic rings. The minimum Gasteiger partial charge on any atom is -0.359 e. The van der Waals surface area contributed by atoms with E-state index in [0.717, 1.165) is 11.1 Å². The molecule has 7 nitrogen and oxygen atoms in total. The van der Waals surface area contributed by atoms with E-state index in [-0.39, 0.29) is 11.3 Å². The average molecular weight is 495 g/mol. The van der Waals surface area contributed by atoms with E-state index in [1.54, 1.807) is 30.3 Å². The Morgan fingerprint density at radius 1 is 0.882 bits per heavy atom. The van der Waals surface area contributed by atoms with Crippen LogP contribution in [0, 0.1) is 0 Å². The van der Waals surface area contributed by atoms with Crippen LogP contribution in [0.5, 0.6) is 0 Å². The largest absolute Gasteiger partial charge is 0.359 e. The molecule has 0 radical (unpaired) electrons. The first-order valence-electron chi connectivity index (χ1n) is 10.5. The van der Waals surface area contributed by atoms with Crippen LogP contribution in [0.4, 0.5) is 22.0 Å². The van der Waals surface area contributed by atoms with Crippen LogP contribution in [-0.4, -0.2) is 17.1 Å². The molecule has 3 amide bonds. The molecule has 0 bridgehead atoms. The Bertz CT molecular complexity index is 1310. The molecule has 4 rings (SSSR count). The zero-order valence-corrected chi connectivity index (χ0v) is 20.4. The highest BCUT2D eigenvalue weighted by Crippen LogP contribution is 2.28. The molecule has 9 heteroatoms. The summed E-state index contributed by atoms with van der Waals surface area (Å²) in [5, 5.41) is 14.7. The molecule has 2 heterocycles. The number of aromatic nitrogens is 1. The molecule has 0 atom stereocenters. The van der Waals surface area contributed by atoms with Crippen molar-refractivity contribution < 1.29 is 14.1 Å². The standard InChI is InChI=1S/C25H23ClN4O3S/c1-25(2,3)21-13-22(30-33-21)29-24(32)28-19-10-8-18(9-11-19)27-23(31)20-12-16(14-34-20)15-4-6-17(26)7-5-15/h4-14H,1-3H3,(H,27,31)(H2,28,29,30,32). The fraction of sp³-hybridized carbons (Fsp3) is 0.160. The lowest BCUT2D eigenvalue weighted by molar-refractivity contribution is 0.103. The highest BCUT2D eigenvalue weighted by molar-refractivity contribution is 7.12. The number of carbonyl (C=O) groups excluding carboxylic acids is 2. The number of carbonyl (C=O) groups is 2. The van der Waals surface area contributed by atoms with Gasteiger partial charge in [0, 0.05) is 27.9 Å². The molecule has 0 aliphatic heterocycles. The van der Waals surface area contributed by atoms with E-state index in [1.807, 2.05) is 56.5 Å². The van der Waals surface area contributed by atoms with Crippen molar-refractivity contribution in [3.8, 4) is 11.1 Å². The van der Waals surface area contributed by atoms with E-state index in [4.69, 9.17) is 16.1 Å². The Hall–Kier alpha value is -3.62. The quantitative estimate of drug-likeness (QED) is 0.272. The Morgan fingerprint density at radius 2 is 1.53 bits per heavy atom. The second kappa shape index (κ2) is 9.70. The summed E-state index contributed by atoms with van der Waals surface area (Å²) in [5.41, 5.74) is 2.93. The molecule has 2 aromatic carbocycles. The van der Waals surface area contributed by atoms with Gasteiger partial charge < -0.3 is 15.2 Å². The van der Waals surface area contributed by atoms with Gasteiger partial charge in [0.25, 0.3) is 5.91 Å². The number of amides is 3. The van der Waals surface area contributed by atoms with Crippen LogP contribution >= 0.6 is 22.9 Å². The van der Waals surface area contributed by atoms with Gasteiger partial charge in [-0.25, -0.2) is 4.79 Å². The normalized spacial score (nSPS) is 11.2. The average Bonchev–Trinajstić information content (AvgIpc) is 3.46. The van der Waals surface area contributed by atoms with Crippen molar-refractivity contribution in [1.29, 1.82) is 0 Å². The van der Waals surface area contributed by atoms with E-state index < -0.39 is 6.03 Å². The molecule has 0 aliphatic rings. The second-order valence-electron chi connectivity index (χ2n) is 8.64. The topological polar surface area (TPSA) is 96.3 Å². The minimum atomic E-state index is -0.446. The molecule has 3 N–H and O–H groups in total. The molecule has 0 aliphatic carbocycles. The smallest absolute Gasteiger partial charge is 0.324 e. The number of thiophene rings is 1. The van der Waals surface area contributed by atoms with Gasteiger partial charge in [-0.05, 0) is 59.0 Å². The molecule has 0 unspecified atom stereocenters. The Kier molecular flexibility index (Phi) is 6.72. The number of urea groups is 1. The van der Waals surface area contributed by atoms with Crippen LogP contribution in [0.15, 0.2) is 70.6 Å². The number of halogens is 1. The van der Waals surface area contributed by atoms with Gasteiger partial charge >= 0.3 is 6.03 Å². The van der Waals surface area contributed by atoms with Gasteiger partial charge in [-0.15, -0.1) is 11.3 Å². The van der Waals surface area contributed by atoms with Crippen molar-refractivity contribution in [3.63, 3.8) is 0 Å². The van der Waals surface area contributed by atoms with Crippen molar-refractivity contribution >= 4 is 52.1 Å². The molecule has 34 heavy (non-hydrogen) atoms. The van der Waals surface area contributed by atoms with Crippen LogP contribution in [0.1, 0.15) is 36.2 Å². The Labute approximate surface area is 206 Å². The summed E-state index contributed by atoms with van der Waals surface area (Å²) in [4.78, 5) is 25.5. The van der Waals surface area contributed by atoms with Crippen molar-refractivity contribution in [2.45, 2.75) is 26.2 Å². The Morgan fingerprint density at radius 3 is 2.15 bits per heavy atom. The van der Waals surface area contributed by atoms with Gasteiger partial charge in [-0.3, -0.25) is 10.1 Å². The summed E-state index contributed by atoms with van der Waals surface area (Å²) in [5.74, 6) is 0.804. The molecule has 0 spiro atoms. The zero-order valence-electron chi connectivity index (χ0n) is 18.8. The Balaban J connectivity index is 1.33. The lowest BCUT2D eigenvalue weighted by Gasteiger charge is -2.12. The molecule has 0 saturated carbocycles. The van der Waals surface area contributed by atoms with E-state index in [0.29, 0.717) is 32.9 Å². The maximum absolute atomic E-state index is 12.6. The molecular weight excluding hydrogens is 472 g/mol. The van der Waals surface area contributed by atoms with Crippen molar-refractivity contribution in [2.24, 2.45) is 0 Å². The van der Waals surface area contributed by atoms with Crippen molar-refractivity contribution in [2.75, 3.05) is 16.0 Å². The number of hydrogen-bond donors (Lipinski definition) is 3. The highest BCUT2D eigenvalue weighted by atomic mass is 35.5. The monoisotopic (exact) mass is 494 g/mol. The predicted molar refractivity (Wildman–Crippen MR) is 137 cm³/mol. The molecule has 2 aromatic heterocycles. The van der Waals surface area contributed by atoms with Gasteiger partial charge in [0.1, 0.15) is 5.76 Å². The van der Waals surface area contributed by atoms with Gasteiger partial charge in [-0.2, -0.15) is 0 Å². The summed E-state index contributed by atoms with van der Waals surface area (Å²) in [6.45, 7) is 5.98. The van der Waals surface area contributed by atoms with Crippen LogP contribution in [0.3, 0.4) is 0 Å². The lowest BCUT2D eigenvalue weighted by atomic mass is 9.93. The predicted octanol–water partition coefficient (Wildman–Crippen LogP) is 7.25. The number of nitrogens with one attached hydrogen (secondary N) is 3. The number of anilines is 3. The summed E-state index contributed by atoms with van der Waals surface area (Å²) in [6, 6.07) is 17.4. The third-order valence-corrected chi connectivity index (χ3v) is 6.07. The highest BCUT2D eigenvalue weighted by Gasteiger charge is 2.20. The number of benzene rings is 2. The molecule has 174 valence electrons. The number of rotatable bonds is 5. The minimum absolute atomic E-state index is 0.204. The second-order valence-corrected chi connectivity index (χ2v) is 9.99. The first kappa shape index (κ1) is 23.5. The molecule has 0 fully saturated rings. The third kappa shape index (κ3) is 5.84. The van der Waals surface area contributed by atoms with E-state index >= 15 is 0 Å². The van der Waals surface area contributed by atoms with Gasteiger partial charge in [-0.1, -0.05) is 49.7 Å². The van der Waals surface area contributed by atoms with Crippen molar-refractivity contribution in [1.82, 2.24) is 5.16 Å². The van der Waals surface area contributed by atoms with Crippen LogP contribution in [0.25, 0.3) is 11.1 Å². The molecular formula is C25H23ClN4O3S. The van der Waals surface area contributed by atoms with Crippen molar-refractivity contribution in [3.05, 3.63) is 81.7 Å². The summed E-state index contributed by atoms with van der Waals surface area (Å²) < 4.78 is 5.26. The third-order valence-electron chi connectivity index (χ3n) is 4.89. The van der Waals surface area contributed by atoms with E-state index in [1.165, 1.54) is 11.3 Å². The first-order chi connectivity index (χ1) is 16.2. The lowest BCUT2D eigenvalue weighted by Crippen LogP contribution is -2.19.